The van der Waals surface area contributed by atoms with Gasteiger partial charge in [-0.3, -0.25) is 4.79 Å². The van der Waals surface area contributed by atoms with Gasteiger partial charge in [0.05, 0.1) is 29.4 Å². The molecule has 0 unspecified atom stereocenters. The molecular formula is C23H31N5O2. The summed E-state index contributed by atoms with van der Waals surface area (Å²) in [6.07, 6.45) is 1.74. The van der Waals surface area contributed by atoms with E-state index in [1.54, 1.807) is 13.3 Å². The fraction of sp³-hybridized carbons (Fsp3) is 0.435. The van der Waals surface area contributed by atoms with Gasteiger partial charge in [-0.15, -0.1) is 0 Å². The van der Waals surface area contributed by atoms with Crippen LogP contribution in [-0.4, -0.2) is 66.0 Å². The van der Waals surface area contributed by atoms with Gasteiger partial charge >= 0.3 is 0 Å². The van der Waals surface area contributed by atoms with Crippen LogP contribution in [0, 0.1) is 6.92 Å². The molecule has 0 spiro atoms. The minimum absolute atomic E-state index is 0.110. The van der Waals surface area contributed by atoms with Gasteiger partial charge in [-0.25, -0.2) is 9.67 Å². The molecule has 160 valence electrons. The topological polar surface area (TPSA) is 72.3 Å². The maximum Gasteiger partial charge on any atom is 0.252 e. The first-order valence-corrected chi connectivity index (χ1v) is 10.3. The number of amides is 1. The normalized spacial score (nSPS) is 11.6. The maximum absolute atomic E-state index is 13.1. The van der Waals surface area contributed by atoms with Crippen molar-refractivity contribution in [2.75, 3.05) is 40.4 Å². The Bertz CT molecular complexity index is 1010. The lowest BCUT2D eigenvalue weighted by atomic mass is 10.0. The van der Waals surface area contributed by atoms with E-state index < -0.39 is 0 Å². The molecule has 3 aromatic rings. The second-order valence-corrected chi connectivity index (χ2v) is 7.84. The van der Waals surface area contributed by atoms with Crippen molar-refractivity contribution in [1.82, 2.24) is 25.0 Å². The Morgan fingerprint density at radius 1 is 1.27 bits per heavy atom. The van der Waals surface area contributed by atoms with Crippen molar-refractivity contribution in [3.63, 3.8) is 0 Å². The molecule has 0 aliphatic rings. The number of likely N-dealkylation sites (N-methyl/N-ethyl adjacent to an activating group) is 1. The lowest BCUT2D eigenvalue weighted by Gasteiger charge is -2.16. The van der Waals surface area contributed by atoms with Crippen molar-refractivity contribution in [3.8, 4) is 11.3 Å². The number of carbonyl (C=O) groups is 1. The first-order chi connectivity index (χ1) is 14.4. The number of aryl methyl sites for hydroxylation is 1. The number of methoxy groups -OCH3 is 1. The van der Waals surface area contributed by atoms with Crippen LogP contribution in [0.1, 0.15) is 35.8 Å². The van der Waals surface area contributed by atoms with Crippen LogP contribution in [-0.2, 0) is 4.74 Å². The summed E-state index contributed by atoms with van der Waals surface area (Å²) in [5.74, 6) is -0.110. The Morgan fingerprint density at radius 3 is 2.73 bits per heavy atom. The van der Waals surface area contributed by atoms with Crippen LogP contribution in [0.25, 0.3) is 22.3 Å². The second-order valence-electron chi connectivity index (χ2n) is 7.84. The number of aromatic nitrogens is 3. The van der Waals surface area contributed by atoms with Crippen LogP contribution in [0.4, 0.5) is 0 Å². The zero-order valence-electron chi connectivity index (χ0n) is 18.5. The smallest absolute Gasteiger partial charge is 0.252 e. The highest BCUT2D eigenvalue weighted by Crippen LogP contribution is 2.28. The number of pyridine rings is 1. The summed E-state index contributed by atoms with van der Waals surface area (Å²) >= 11 is 0. The Labute approximate surface area is 178 Å². The van der Waals surface area contributed by atoms with Crippen molar-refractivity contribution in [2.24, 2.45) is 0 Å². The molecule has 0 atom stereocenters. The number of nitrogens with zero attached hydrogens (tertiary/aromatic N) is 4. The first kappa shape index (κ1) is 21.9. The van der Waals surface area contributed by atoms with Crippen LogP contribution in [0.3, 0.4) is 0 Å². The summed E-state index contributed by atoms with van der Waals surface area (Å²) in [5, 5.41) is 8.30. The second kappa shape index (κ2) is 9.82. The summed E-state index contributed by atoms with van der Waals surface area (Å²) < 4.78 is 6.97. The average molecular weight is 410 g/mol. The fourth-order valence-corrected chi connectivity index (χ4v) is 3.40. The van der Waals surface area contributed by atoms with Gasteiger partial charge in [0.15, 0.2) is 5.65 Å². The van der Waals surface area contributed by atoms with E-state index in [4.69, 9.17) is 9.72 Å². The van der Waals surface area contributed by atoms with Crippen LogP contribution >= 0.6 is 0 Å². The van der Waals surface area contributed by atoms with Gasteiger partial charge < -0.3 is 15.0 Å². The van der Waals surface area contributed by atoms with Gasteiger partial charge in [-0.2, -0.15) is 5.10 Å². The first-order valence-electron chi connectivity index (χ1n) is 10.3. The SMILES string of the molecule is COCCN(C)CCNC(=O)c1cc(-c2ccccc2C)nc2c1cnn2C(C)C. The van der Waals surface area contributed by atoms with Crippen molar-refractivity contribution >= 4 is 16.9 Å². The van der Waals surface area contributed by atoms with Crippen LogP contribution in [0.5, 0.6) is 0 Å². The summed E-state index contributed by atoms with van der Waals surface area (Å²) in [6, 6.07) is 10.1. The number of rotatable bonds is 9. The highest BCUT2D eigenvalue weighted by Gasteiger charge is 2.19. The highest BCUT2D eigenvalue weighted by molar-refractivity contribution is 6.06. The molecular weight excluding hydrogens is 378 g/mol. The molecule has 1 aromatic carbocycles. The largest absolute Gasteiger partial charge is 0.383 e. The number of nitrogens with one attached hydrogen (secondary N) is 1. The number of hydrogen-bond acceptors (Lipinski definition) is 5. The quantitative estimate of drug-likeness (QED) is 0.587. The van der Waals surface area contributed by atoms with Crippen LogP contribution in [0.15, 0.2) is 36.5 Å². The van der Waals surface area contributed by atoms with E-state index in [1.165, 1.54) is 0 Å². The number of hydrogen-bond donors (Lipinski definition) is 1. The van der Waals surface area contributed by atoms with Crippen molar-refractivity contribution in [2.45, 2.75) is 26.8 Å². The number of carbonyl (C=O) groups excluding carboxylic acids is 1. The van der Waals surface area contributed by atoms with E-state index in [0.717, 1.165) is 40.9 Å². The number of benzene rings is 1. The third kappa shape index (κ3) is 4.86. The molecule has 0 aliphatic carbocycles. The predicted molar refractivity (Wildman–Crippen MR) is 120 cm³/mol. The molecule has 0 radical (unpaired) electrons. The van der Waals surface area contributed by atoms with Crippen molar-refractivity contribution < 1.29 is 9.53 Å². The standard InChI is InChI=1S/C23H31N5O2/c1-16(2)28-22-20(15-25-28)19(23(29)24-10-11-27(4)12-13-30-5)14-21(26-22)18-9-7-6-8-17(18)3/h6-9,14-16H,10-13H2,1-5H3,(H,24,29). The molecule has 2 heterocycles. The van der Waals surface area contributed by atoms with E-state index >= 15 is 0 Å². The van der Waals surface area contributed by atoms with Crippen molar-refractivity contribution in [1.29, 1.82) is 0 Å². The van der Waals surface area contributed by atoms with E-state index in [-0.39, 0.29) is 11.9 Å². The van der Waals surface area contributed by atoms with Gasteiger partial charge in [0.2, 0.25) is 0 Å². The van der Waals surface area contributed by atoms with Crippen molar-refractivity contribution in [3.05, 3.63) is 47.7 Å². The zero-order chi connectivity index (χ0) is 21.7. The number of ether oxygens (including phenoxy) is 1. The molecule has 0 saturated heterocycles. The molecule has 7 heteroatoms. The van der Waals surface area contributed by atoms with E-state index in [1.807, 2.05) is 36.0 Å². The van der Waals surface area contributed by atoms with Gasteiger partial charge in [-0.05, 0) is 39.4 Å². The molecule has 3 rings (SSSR count). The third-order valence-electron chi connectivity index (χ3n) is 5.18. The summed E-state index contributed by atoms with van der Waals surface area (Å²) in [5.41, 5.74) is 4.25. The summed E-state index contributed by atoms with van der Waals surface area (Å²) in [6.45, 7) is 8.97. The molecule has 1 N–H and O–H groups in total. The number of fused-ring (bicyclic) bond motifs is 1. The van der Waals surface area contributed by atoms with E-state index in [0.29, 0.717) is 18.7 Å². The fourth-order valence-electron chi connectivity index (χ4n) is 3.40. The van der Waals surface area contributed by atoms with Gasteiger partial charge in [-0.1, -0.05) is 24.3 Å². The highest BCUT2D eigenvalue weighted by atomic mass is 16.5. The third-order valence-corrected chi connectivity index (χ3v) is 5.18. The minimum atomic E-state index is -0.110. The monoisotopic (exact) mass is 409 g/mol. The van der Waals surface area contributed by atoms with Crippen LogP contribution < -0.4 is 5.32 Å². The molecule has 2 aromatic heterocycles. The van der Waals surface area contributed by atoms with Gasteiger partial charge in [0.25, 0.3) is 5.91 Å². The Balaban J connectivity index is 1.93. The lowest BCUT2D eigenvalue weighted by Crippen LogP contribution is -2.34. The Hall–Kier alpha value is -2.77. The Morgan fingerprint density at radius 2 is 2.03 bits per heavy atom. The summed E-state index contributed by atoms with van der Waals surface area (Å²) in [7, 11) is 3.70. The predicted octanol–water partition coefficient (Wildman–Crippen LogP) is 3.30. The average Bonchev–Trinajstić information content (AvgIpc) is 3.16. The van der Waals surface area contributed by atoms with Gasteiger partial charge in [0.1, 0.15) is 0 Å². The molecule has 0 saturated carbocycles. The molecule has 0 aliphatic heterocycles. The van der Waals surface area contributed by atoms with E-state index in [9.17, 15) is 4.79 Å². The van der Waals surface area contributed by atoms with Crippen LogP contribution in [0.2, 0.25) is 0 Å². The zero-order valence-corrected chi connectivity index (χ0v) is 18.5. The minimum Gasteiger partial charge on any atom is -0.383 e. The molecule has 30 heavy (non-hydrogen) atoms. The summed E-state index contributed by atoms with van der Waals surface area (Å²) in [4.78, 5) is 20.1. The maximum atomic E-state index is 13.1. The van der Waals surface area contributed by atoms with Gasteiger partial charge in [0, 0.05) is 38.3 Å². The molecule has 0 bridgehead atoms. The molecule has 0 fully saturated rings. The Kier molecular flexibility index (Phi) is 7.18. The lowest BCUT2D eigenvalue weighted by molar-refractivity contribution is 0.0949. The van der Waals surface area contributed by atoms with E-state index in [2.05, 4.69) is 42.2 Å². The molecule has 1 amide bonds. The molecule has 7 nitrogen and oxygen atoms in total.